The van der Waals surface area contributed by atoms with E-state index >= 15 is 0 Å². The fourth-order valence-corrected chi connectivity index (χ4v) is 2.11. The Balaban J connectivity index is 2.22. The van der Waals surface area contributed by atoms with Gasteiger partial charge in [-0.05, 0) is 35.2 Å². The number of hydrogen-bond donors (Lipinski definition) is 0. The number of ether oxygens (including phenoxy) is 1. The molecule has 0 aliphatic carbocycles. The predicted octanol–water partition coefficient (Wildman–Crippen LogP) is 4.01. The molecule has 2 aromatic carbocycles. The first-order valence-electron chi connectivity index (χ1n) is 6.07. The van der Waals surface area contributed by atoms with Crippen LogP contribution in [0.3, 0.4) is 0 Å². The minimum Gasteiger partial charge on any atom is -0.384 e. The maximum atomic E-state index is 10.7. The second kappa shape index (κ2) is 6.50. The summed E-state index contributed by atoms with van der Waals surface area (Å²) in [5, 5.41) is 0.482. The molecule has 2 nitrogen and oxygen atoms in total. The molecule has 0 fully saturated rings. The first-order chi connectivity index (χ1) is 9.24. The number of carbonyl (C=O) groups excluding carboxylic acids is 1. The van der Waals surface area contributed by atoms with Crippen LogP contribution in [0.2, 0.25) is 5.02 Å². The van der Waals surface area contributed by atoms with Crippen molar-refractivity contribution in [3.05, 3.63) is 58.6 Å². The van der Waals surface area contributed by atoms with E-state index in [0.29, 0.717) is 10.6 Å². The summed E-state index contributed by atoms with van der Waals surface area (Å²) in [6.45, 7) is 0.721. The van der Waals surface area contributed by atoms with Crippen molar-refractivity contribution < 1.29 is 9.53 Å². The van der Waals surface area contributed by atoms with Crippen molar-refractivity contribution in [1.29, 1.82) is 0 Å². The van der Waals surface area contributed by atoms with Gasteiger partial charge >= 0.3 is 0 Å². The minimum absolute atomic E-state index is 0.482. The van der Waals surface area contributed by atoms with Gasteiger partial charge in [-0.2, -0.15) is 0 Å². The van der Waals surface area contributed by atoms with E-state index in [1.165, 1.54) is 5.56 Å². The molecular weight excluding hydrogens is 260 g/mol. The van der Waals surface area contributed by atoms with Gasteiger partial charge in [0.2, 0.25) is 0 Å². The van der Waals surface area contributed by atoms with Crippen LogP contribution < -0.4 is 0 Å². The summed E-state index contributed by atoms with van der Waals surface area (Å²) in [7, 11) is 1.70. The number of methoxy groups -OCH3 is 1. The zero-order chi connectivity index (χ0) is 13.7. The maximum Gasteiger partial charge on any atom is 0.151 e. The van der Waals surface area contributed by atoms with Crippen molar-refractivity contribution in [1.82, 2.24) is 0 Å². The number of rotatable bonds is 5. The van der Waals surface area contributed by atoms with Gasteiger partial charge < -0.3 is 4.74 Å². The van der Waals surface area contributed by atoms with E-state index in [2.05, 4.69) is 24.3 Å². The smallest absolute Gasteiger partial charge is 0.151 e. The third-order valence-corrected chi connectivity index (χ3v) is 3.34. The summed E-state index contributed by atoms with van der Waals surface area (Å²) in [6.07, 6.45) is 1.67. The lowest BCUT2D eigenvalue weighted by molar-refractivity contribution is 0.112. The summed E-state index contributed by atoms with van der Waals surface area (Å²) in [4.78, 5) is 10.7. The van der Waals surface area contributed by atoms with Crippen LogP contribution in [0.5, 0.6) is 0 Å². The molecule has 0 N–H and O–H groups in total. The van der Waals surface area contributed by atoms with Crippen molar-refractivity contribution in [3.63, 3.8) is 0 Å². The van der Waals surface area contributed by atoms with Gasteiger partial charge in [-0.25, -0.2) is 0 Å². The fourth-order valence-electron chi connectivity index (χ4n) is 1.89. The van der Waals surface area contributed by atoms with E-state index in [1.807, 2.05) is 12.1 Å². The van der Waals surface area contributed by atoms with Crippen LogP contribution in [0.1, 0.15) is 15.9 Å². The second-order valence-electron chi connectivity index (χ2n) is 4.29. The van der Waals surface area contributed by atoms with E-state index in [4.69, 9.17) is 16.3 Å². The van der Waals surface area contributed by atoms with Crippen LogP contribution in [0.15, 0.2) is 42.5 Å². The predicted molar refractivity (Wildman–Crippen MR) is 77.9 cm³/mol. The van der Waals surface area contributed by atoms with Crippen molar-refractivity contribution in [2.45, 2.75) is 6.42 Å². The SMILES string of the molecule is COCCc1ccc(-c2ccc(C=O)c(Cl)c2)cc1. The van der Waals surface area contributed by atoms with E-state index in [-0.39, 0.29) is 0 Å². The molecule has 19 heavy (non-hydrogen) atoms. The van der Waals surface area contributed by atoms with Crippen molar-refractivity contribution in [2.24, 2.45) is 0 Å². The molecule has 2 rings (SSSR count). The van der Waals surface area contributed by atoms with Crippen LogP contribution >= 0.6 is 11.6 Å². The molecule has 0 heterocycles. The Morgan fingerprint density at radius 1 is 1.11 bits per heavy atom. The van der Waals surface area contributed by atoms with E-state index < -0.39 is 0 Å². The van der Waals surface area contributed by atoms with Gasteiger partial charge in [-0.1, -0.05) is 41.9 Å². The molecular formula is C16H15ClO2. The fraction of sp³-hybridized carbons (Fsp3) is 0.188. The molecule has 98 valence electrons. The Morgan fingerprint density at radius 2 is 1.79 bits per heavy atom. The second-order valence-corrected chi connectivity index (χ2v) is 4.70. The molecule has 0 unspecified atom stereocenters. The largest absolute Gasteiger partial charge is 0.384 e. The highest BCUT2D eigenvalue weighted by Crippen LogP contribution is 2.25. The average Bonchev–Trinajstić information content (AvgIpc) is 2.45. The lowest BCUT2D eigenvalue weighted by atomic mass is 10.0. The highest BCUT2D eigenvalue weighted by molar-refractivity contribution is 6.33. The molecule has 0 saturated carbocycles. The van der Waals surface area contributed by atoms with Gasteiger partial charge in [0.25, 0.3) is 0 Å². The van der Waals surface area contributed by atoms with E-state index in [1.54, 1.807) is 13.2 Å². The van der Waals surface area contributed by atoms with Gasteiger partial charge in [-0.3, -0.25) is 4.79 Å². The number of aldehydes is 1. The Labute approximate surface area is 118 Å². The van der Waals surface area contributed by atoms with Crippen LogP contribution in [0.25, 0.3) is 11.1 Å². The Morgan fingerprint density at radius 3 is 2.37 bits per heavy atom. The molecule has 0 radical (unpaired) electrons. The summed E-state index contributed by atoms with van der Waals surface area (Å²) in [5.74, 6) is 0. The van der Waals surface area contributed by atoms with E-state index in [0.717, 1.165) is 30.4 Å². The van der Waals surface area contributed by atoms with Gasteiger partial charge in [-0.15, -0.1) is 0 Å². The lowest BCUT2D eigenvalue weighted by Crippen LogP contribution is -1.93. The lowest BCUT2D eigenvalue weighted by Gasteiger charge is -2.06. The minimum atomic E-state index is 0.482. The number of halogens is 1. The monoisotopic (exact) mass is 274 g/mol. The molecule has 0 spiro atoms. The van der Waals surface area contributed by atoms with Gasteiger partial charge in [0, 0.05) is 12.7 Å². The van der Waals surface area contributed by atoms with Crippen LogP contribution in [0.4, 0.5) is 0 Å². The highest BCUT2D eigenvalue weighted by atomic mass is 35.5. The van der Waals surface area contributed by atoms with Crippen LogP contribution in [0, 0.1) is 0 Å². The first-order valence-corrected chi connectivity index (χ1v) is 6.45. The highest BCUT2D eigenvalue weighted by Gasteiger charge is 2.03. The normalized spacial score (nSPS) is 10.4. The van der Waals surface area contributed by atoms with E-state index in [9.17, 15) is 4.79 Å². The number of benzene rings is 2. The molecule has 0 aliphatic heterocycles. The summed E-state index contributed by atoms with van der Waals surface area (Å²) < 4.78 is 5.05. The summed E-state index contributed by atoms with van der Waals surface area (Å²) in [6, 6.07) is 13.7. The molecule has 2 aromatic rings. The summed E-state index contributed by atoms with van der Waals surface area (Å²) >= 11 is 6.03. The standard InChI is InChI=1S/C16H15ClO2/c1-19-9-8-12-2-4-13(5-3-12)14-6-7-15(11-18)16(17)10-14/h2-7,10-11H,8-9H2,1H3. The first kappa shape index (κ1) is 13.8. The molecule has 0 bridgehead atoms. The molecule has 0 amide bonds. The van der Waals surface area contributed by atoms with Crippen molar-refractivity contribution in [3.8, 4) is 11.1 Å². The molecule has 0 saturated heterocycles. The Kier molecular flexibility index (Phi) is 4.72. The van der Waals surface area contributed by atoms with Crippen LogP contribution in [-0.2, 0) is 11.2 Å². The third-order valence-electron chi connectivity index (χ3n) is 3.01. The maximum absolute atomic E-state index is 10.7. The molecule has 0 aliphatic rings. The third kappa shape index (κ3) is 3.43. The molecule has 0 atom stereocenters. The summed E-state index contributed by atoms with van der Waals surface area (Å²) in [5.41, 5.74) is 3.85. The zero-order valence-corrected chi connectivity index (χ0v) is 11.5. The van der Waals surface area contributed by atoms with Gasteiger partial charge in [0.15, 0.2) is 6.29 Å². The quantitative estimate of drug-likeness (QED) is 0.770. The van der Waals surface area contributed by atoms with Crippen LogP contribution in [-0.4, -0.2) is 20.0 Å². The van der Waals surface area contributed by atoms with Crippen molar-refractivity contribution in [2.75, 3.05) is 13.7 Å². The van der Waals surface area contributed by atoms with Gasteiger partial charge in [0.05, 0.1) is 11.6 Å². The number of hydrogen-bond acceptors (Lipinski definition) is 2. The molecule has 3 heteroatoms. The van der Waals surface area contributed by atoms with Gasteiger partial charge in [0.1, 0.15) is 0 Å². The Bertz CT molecular complexity index is 561. The number of carbonyl (C=O) groups is 1. The van der Waals surface area contributed by atoms with Crippen molar-refractivity contribution >= 4 is 17.9 Å². The topological polar surface area (TPSA) is 26.3 Å². The Hall–Kier alpha value is -1.64. The average molecular weight is 275 g/mol. The zero-order valence-electron chi connectivity index (χ0n) is 10.7. The molecule has 0 aromatic heterocycles.